The predicted octanol–water partition coefficient (Wildman–Crippen LogP) is 6.82. The van der Waals surface area contributed by atoms with E-state index >= 15 is 0 Å². The molecule has 1 heterocycles. The minimum atomic E-state index is -0.620. The highest BCUT2D eigenvalue weighted by Gasteiger charge is 2.32. The van der Waals surface area contributed by atoms with Gasteiger partial charge in [0.15, 0.2) is 0 Å². The number of pyridine rings is 1. The van der Waals surface area contributed by atoms with Gasteiger partial charge in [0.05, 0.1) is 27.8 Å². The van der Waals surface area contributed by atoms with Crippen LogP contribution in [0.3, 0.4) is 0 Å². The molecule has 8 nitrogen and oxygen atoms in total. The molecule has 1 aromatic heterocycles. The molecular weight excluding hydrogens is 529 g/mol. The molecular formula is C27H33ClFN5O3S. The Balaban J connectivity index is 0.00000195. The standard InChI is InChI=1S/C25H27ClFN5O3S.C2H6/c1-13-8-11-17(16(27)12-13)30-23-20(25(34)35-15-9-10-15)22(14(2)24(33)32(23)4)29-18-6-5-7-19(21(18)26)31-36-28-3;1-2/h5-8,11-12,15,28-31H,9-10H2,1-4H3;1-2H3. The third kappa shape index (κ3) is 6.61. The van der Waals surface area contributed by atoms with Crippen LogP contribution in [-0.4, -0.2) is 23.7 Å². The smallest absolute Gasteiger partial charge is 0.344 e. The number of aryl methyl sites for hydroxylation is 1. The van der Waals surface area contributed by atoms with E-state index in [1.165, 1.54) is 29.8 Å². The summed E-state index contributed by atoms with van der Waals surface area (Å²) in [6.45, 7) is 7.39. The molecule has 0 radical (unpaired) electrons. The highest BCUT2D eigenvalue weighted by atomic mass is 35.5. The molecule has 204 valence electrons. The zero-order chi connectivity index (χ0) is 28.0. The second-order valence-electron chi connectivity index (χ2n) is 8.50. The summed E-state index contributed by atoms with van der Waals surface area (Å²) in [7, 11) is 3.29. The molecule has 4 N–H and O–H groups in total. The van der Waals surface area contributed by atoms with Gasteiger partial charge in [0, 0.05) is 24.7 Å². The lowest BCUT2D eigenvalue weighted by atomic mass is 10.1. The quantitative estimate of drug-likeness (QED) is 0.167. The molecule has 0 spiro atoms. The van der Waals surface area contributed by atoms with Crippen molar-refractivity contribution in [2.24, 2.45) is 7.05 Å². The Morgan fingerprint density at radius 2 is 1.79 bits per heavy atom. The SMILES string of the molecule is CC.CNSNc1cccc(Nc2c(C(=O)OC3CC3)c(Nc3ccc(C)cc3F)n(C)c(=O)c2C)c1Cl. The molecule has 0 bridgehead atoms. The predicted molar refractivity (Wildman–Crippen MR) is 156 cm³/mol. The summed E-state index contributed by atoms with van der Waals surface area (Å²) in [4.78, 5) is 26.6. The van der Waals surface area contributed by atoms with Crippen molar-refractivity contribution in [3.05, 3.63) is 74.3 Å². The third-order valence-electron chi connectivity index (χ3n) is 5.72. The van der Waals surface area contributed by atoms with Crippen molar-refractivity contribution >= 4 is 58.3 Å². The maximum Gasteiger partial charge on any atom is 0.344 e. The van der Waals surface area contributed by atoms with E-state index in [0.29, 0.717) is 16.4 Å². The highest BCUT2D eigenvalue weighted by Crippen LogP contribution is 2.38. The van der Waals surface area contributed by atoms with Crippen LogP contribution in [0.5, 0.6) is 0 Å². The molecule has 1 aliphatic rings. The van der Waals surface area contributed by atoms with Gasteiger partial charge in [-0.15, -0.1) is 0 Å². The lowest BCUT2D eigenvalue weighted by Gasteiger charge is -2.22. The molecule has 0 saturated heterocycles. The van der Waals surface area contributed by atoms with E-state index in [-0.39, 0.29) is 40.0 Å². The number of carbonyl (C=O) groups excluding carboxylic acids is 1. The average Bonchev–Trinajstić information content (AvgIpc) is 3.72. The fraction of sp³-hybridized carbons (Fsp3) is 0.333. The van der Waals surface area contributed by atoms with E-state index in [0.717, 1.165) is 18.4 Å². The van der Waals surface area contributed by atoms with Crippen molar-refractivity contribution in [2.45, 2.75) is 46.6 Å². The molecule has 1 fully saturated rings. The number of aromatic nitrogens is 1. The summed E-state index contributed by atoms with van der Waals surface area (Å²) in [5, 5.41) is 6.48. The maximum atomic E-state index is 14.7. The average molecular weight is 562 g/mol. The Kier molecular flexibility index (Phi) is 10.1. The van der Waals surface area contributed by atoms with Gasteiger partial charge in [-0.25, -0.2) is 13.9 Å². The van der Waals surface area contributed by atoms with Gasteiger partial charge in [-0.05, 0) is 63.6 Å². The Morgan fingerprint density at radius 1 is 1.11 bits per heavy atom. The van der Waals surface area contributed by atoms with Crippen LogP contribution >= 0.6 is 23.7 Å². The molecule has 2 aromatic carbocycles. The number of hydrogen-bond acceptors (Lipinski definition) is 8. The first-order valence-corrected chi connectivity index (χ1v) is 13.5. The van der Waals surface area contributed by atoms with Crippen molar-refractivity contribution in [3.8, 4) is 0 Å². The van der Waals surface area contributed by atoms with E-state index in [1.54, 1.807) is 51.2 Å². The first-order chi connectivity index (χ1) is 18.2. The summed E-state index contributed by atoms with van der Waals surface area (Å²) >= 11 is 7.86. The van der Waals surface area contributed by atoms with E-state index < -0.39 is 11.8 Å². The Bertz CT molecular complexity index is 1380. The number of hydrogen-bond donors (Lipinski definition) is 4. The van der Waals surface area contributed by atoms with Crippen molar-refractivity contribution in [1.29, 1.82) is 0 Å². The first kappa shape index (κ1) is 29.3. The van der Waals surface area contributed by atoms with Gasteiger partial charge >= 0.3 is 5.97 Å². The number of benzene rings is 2. The molecule has 0 aliphatic heterocycles. The largest absolute Gasteiger partial charge is 0.459 e. The first-order valence-electron chi connectivity index (χ1n) is 12.3. The maximum absolute atomic E-state index is 14.7. The van der Waals surface area contributed by atoms with Gasteiger partial charge in [-0.1, -0.05) is 37.6 Å². The zero-order valence-electron chi connectivity index (χ0n) is 22.3. The molecule has 38 heavy (non-hydrogen) atoms. The van der Waals surface area contributed by atoms with Crippen LogP contribution in [0, 0.1) is 19.7 Å². The van der Waals surface area contributed by atoms with Crippen LogP contribution in [0.1, 0.15) is 48.2 Å². The Hall–Kier alpha value is -3.21. The van der Waals surface area contributed by atoms with Gasteiger partial charge in [0.2, 0.25) is 0 Å². The fourth-order valence-electron chi connectivity index (χ4n) is 3.63. The Labute approximate surface area is 231 Å². The number of esters is 1. The van der Waals surface area contributed by atoms with Gasteiger partial charge in [0.1, 0.15) is 23.3 Å². The number of nitrogens with zero attached hydrogens (tertiary/aromatic N) is 1. The van der Waals surface area contributed by atoms with Crippen LogP contribution in [-0.2, 0) is 11.8 Å². The van der Waals surface area contributed by atoms with Crippen LogP contribution in [0.2, 0.25) is 5.02 Å². The van der Waals surface area contributed by atoms with Crippen molar-refractivity contribution in [3.63, 3.8) is 0 Å². The van der Waals surface area contributed by atoms with E-state index in [9.17, 15) is 14.0 Å². The van der Waals surface area contributed by atoms with Crippen molar-refractivity contribution in [1.82, 2.24) is 9.29 Å². The second kappa shape index (κ2) is 13.0. The Morgan fingerprint density at radius 3 is 2.42 bits per heavy atom. The molecule has 11 heteroatoms. The number of ether oxygens (including phenoxy) is 1. The van der Waals surface area contributed by atoms with E-state index in [4.69, 9.17) is 16.3 Å². The lowest BCUT2D eigenvalue weighted by molar-refractivity contribution is 0.0474. The minimum absolute atomic E-state index is 0.0838. The van der Waals surface area contributed by atoms with Crippen molar-refractivity contribution < 1.29 is 13.9 Å². The lowest BCUT2D eigenvalue weighted by Crippen LogP contribution is -2.27. The highest BCUT2D eigenvalue weighted by molar-refractivity contribution is 7.98. The van der Waals surface area contributed by atoms with Gasteiger partial charge in [0.25, 0.3) is 5.56 Å². The summed E-state index contributed by atoms with van der Waals surface area (Å²) in [5.74, 6) is -1.02. The molecule has 3 aromatic rings. The summed E-state index contributed by atoms with van der Waals surface area (Å²) < 4.78 is 27.6. The summed E-state index contributed by atoms with van der Waals surface area (Å²) in [6.07, 6.45) is 1.37. The normalized spacial score (nSPS) is 12.3. The van der Waals surface area contributed by atoms with Crippen LogP contribution in [0.4, 0.5) is 33.0 Å². The van der Waals surface area contributed by atoms with Crippen LogP contribution in [0.15, 0.2) is 41.2 Å². The van der Waals surface area contributed by atoms with E-state index in [2.05, 4.69) is 20.1 Å². The summed E-state index contributed by atoms with van der Waals surface area (Å²) in [5.41, 5.74) is 2.21. The molecule has 0 amide bonds. The molecule has 1 aliphatic carbocycles. The number of rotatable bonds is 9. The third-order valence-corrected chi connectivity index (χ3v) is 6.66. The molecule has 4 rings (SSSR count). The monoisotopic (exact) mass is 561 g/mol. The van der Waals surface area contributed by atoms with Gasteiger partial charge < -0.3 is 20.1 Å². The number of carbonyl (C=O) groups is 1. The topological polar surface area (TPSA) is 96.4 Å². The number of nitrogens with one attached hydrogen (secondary N) is 4. The van der Waals surface area contributed by atoms with Crippen LogP contribution in [0.25, 0.3) is 0 Å². The fourth-order valence-corrected chi connectivity index (χ4v) is 4.29. The minimum Gasteiger partial charge on any atom is -0.459 e. The van der Waals surface area contributed by atoms with Gasteiger partial charge in [-0.3, -0.25) is 9.36 Å². The van der Waals surface area contributed by atoms with Crippen LogP contribution < -0.4 is 25.6 Å². The molecule has 0 atom stereocenters. The van der Waals surface area contributed by atoms with E-state index in [1.807, 2.05) is 13.8 Å². The molecule has 1 saturated carbocycles. The number of anilines is 5. The molecule has 0 unspecified atom stereocenters. The number of halogens is 2. The summed E-state index contributed by atoms with van der Waals surface area (Å²) in [6, 6.07) is 9.98. The second-order valence-corrected chi connectivity index (χ2v) is 9.70. The zero-order valence-corrected chi connectivity index (χ0v) is 23.9. The van der Waals surface area contributed by atoms with Gasteiger partial charge in [-0.2, -0.15) is 0 Å². The van der Waals surface area contributed by atoms with Crippen molar-refractivity contribution in [2.75, 3.05) is 22.4 Å².